The number of benzene rings is 1. The molecule has 0 radical (unpaired) electrons. The van der Waals surface area contributed by atoms with E-state index in [1.54, 1.807) is 13.0 Å². The zero-order chi connectivity index (χ0) is 19.6. The van der Waals surface area contributed by atoms with Crippen molar-refractivity contribution in [2.45, 2.75) is 20.8 Å². The van der Waals surface area contributed by atoms with Gasteiger partial charge in [-0.05, 0) is 74.0 Å². The monoisotopic (exact) mass is 384 g/mol. The number of carbonyl (C=O) groups excluding carboxylic acids is 3. The maximum atomic E-state index is 12.5. The highest BCUT2D eigenvalue weighted by Crippen LogP contribution is 2.32. The van der Waals surface area contributed by atoms with Gasteiger partial charge < -0.3 is 9.30 Å². The molecule has 3 rings (SSSR count). The predicted octanol–water partition coefficient (Wildman–Crippen LogP) is 3.69. The van der Waals surface area contributed by atoms with Gasteiger partial charge in [-0.3, -0.25) is 19.3 Å². The molecular weight excluding hydrogens is 364 g/mol. The number of amides is 2. The summed E-state index contributed by atoms with van der Waals surface area (Å²) in [5.41, 5.74) is 4.12. The molecule has 27 heavy (non-hydrogen) atoms. The van der Waals surface area contributed by atoms with Crippen molar-refractivity contribution in [3.05, 3.63) is 58.3 Å². The first-order valence-corrected chi connectivity index (χ1v) is 9.38. The van der Waals surface area contributed by atoms with E-state index >= 15 is 0 Å². The van der Waals surface area contributed by atoms with Gasteiger partial charge in [0.1, 0.15) is 6.54 Å². The predicted molar refractivity (Wildman–Crippen MR) is 105 cm³/mol. The van der Waals surface area contributed by atoms with E-state index in [0.717, 1.165) is 28.0 Å². The first kappa shape index (κ1) is 19.0. The van der Waals surface area contributed by atoms with Gasteiger partial charge in [-0.2, -0.15) is 0 Å². The minimum absolute atomic E-state index is 0.203. The second-order valence-corrected chi connectivity index (χ2v) is 7.14. The van der Waals surface area contributed by atoms with E-state index in [-0.39, 0.29) is 18.1 Å². The molecule has 0 N–H and O–H groups in total. The Morgan fingerprint density at radius 1 is 1.19 bits per heavy atom. The fraction of sp³-hybridized carbons (Fsp3) is 0.250. The number of carbonyl (C=O) groups is 3. The average molecular weight is 384 g/mol. The van der Waals surface area contributed by atoms with Crippen molar-refractivity contribution in [2.24, 2.45) is 0 Å². The van der Waals surface area contributed by atoms with Crippen molar-refractivity contribution >= 4 is 35.0 Å². The Balaban J connectivity index is 1.87. The summed E-state index contributed by atoms with van der Waals surface area (Å²) in [6, 6.07) is 9.87. The molecule has 0 saturated carbocycles. The lowest BCUT2D eigenvalue weighted by molar-refractivity contribution is -0.145. The molecule has 0 spiro atoms. The van der Waals surface area contributed by atoms with Gasteiger partial charge in [-0.1, -0.05) is 6.07 Å². The Labute approximate surface area is 161 Å². The number of hydrogen-bond acceptors (Lipinski definition) is 5. The fourth-order valence-electron chi connectivity index (χ4n) is 2.73. The van der Waals surface area contributed by atoms with Crippen molar-refractivity contribution in [3.8, 4) is 5.69 Å². The lowest BCUT2D eigenvalue weighted by atomic mass is 10.1. The van der Waals surface area contributed by atoms with Crippen LogP contribution in [0, 0.1) is 13.8 Å². The minimum atomic E-state index is -0.598. The summed E-state index contributed by atoms with van der Waals surface area (Å²) in [7, 11) is 0. The van der Waals surface area contributed by atoms with E-state index in [4.69, 9.17) is 4.74 Å². The maximum Gasteiger partial charge on any atom is 0.326 e. The Hall–Kier alpha value is -2.80. The van der Waals surface area contributed by atoms with Crippen molar-refractivity contribution in [1.29, 1.82) is 0 Å². The van der Waals surface area contributed by atoms with Crippen LogP contribution in [0.2, 0.25) is 0 Å². The first-order valence-electron chi connectivity index (χ1n) is 8.56. The number of esters is 1. The minimum Gasteiger partial charge on any atom is -0.465 e. The van der Waals surface area contributed by atoms with Crippen molar-refractivity contribution in [2.75, 3.05) is 13.2 Å². The van der Waals surface area contributed by atoms with Crippen LogP contribution in [0.15, 0.2) is 41.4 Å². The van der Waals surface area contributed by atoms with Crippen LogP contribution in [-0.2, 0) is 14.3 Å². The largest absolute Gasteiger partial charge is 0.465 e. The van der Waals surface area contributed by atoms with Crippen molar-refractivity contribution in [3.63, 3.8) is 0 Å². The van der Waals surface area contributed by atoms with Crippen LogP contribution in [0.3, 0.4) is 0 Å². The van der Waals surface area contributed by atoms with Crippen LogP contribution in [0.25, 0.3) is 11.8 Å². The van der Waals surface area contributed by atoms with Gasteiger partial charge in [0.25, 0.3) is 11.1 Å². The average Bonchev–Trinajstić information content (AvgIpc) is 3.18. The SMILES string of the molecule is CCOC(=O)CN1C(=O)S/C(=C/c2cccn2-c2ccc(C)c(C)c2)C1=O. The third kappa shape index (κ3) is 3.98. The summed E-state index contributed by atoms with van der Waals surface area (Å²) in [6.07, 6.45) is 3.57. The highest BCUT2D eigenvalue weighted by molar-refractivity contribution is 8.18. The molecule has 1 saturated heterocycles. The summed E-state index contributed by atoms with van der Waals surface area (Å²) in [4.78, 5) is 37.5. The molecule has 1 aliphatic rings. The topological polar surface area (TPSA) is 68.6 Å². The van der Waals surface area contributed by atoms with Crippen LogP contribution in [0.5, 0.6) is 0 Å². The first-order chi connectivity index (χ1) is 12.9. The second kappa shape index (κ2) is 7.84. The Bertz CT molecular complexity index is 945. The molecule has 0 unspecified atom stereocenters. The van der Waals surface area contributed by atoms with E-state index in [9.17, 15) is 14.4 Å². The Morgan fingerprint density at radius 3 is 2.67 bits per heavy atom. The number of aromatic nitrogens is 1. The third-order valence-electron chi connectivity index (χ3n) is 4.29. The highest BCUT2D eigenvalue weighted by Gasteiger charge is 2.36. The lowest BCUT2D eigenvalue weighted by Crippen LogP contribution is -2.34. The van der Waals surface area contributed by atoms with E-state index < -0.39 is 17.1 Å². The molecule has 1 aromatic carbocycles. The van der Waals surface area contributed by atoms with Crippen LogP contribution >= 0.6 is 11.8 Å². The van der Waals surface area contributed by atoms with Crippen LogP contribution in [0.4, 0.5) is 4.79 Å². The van der Waals surface area contributed by atoms with E-state index in [1.165, 1.54) is 11.1 Å². The molecule has 7 heteroatoms. The molecule has 1 fully saturated rings. The number of imide groups is 1. The molecule has 0 aliphatic carbocycles. The van der Waals surface area contributed by atoms with Gasteiger partial charge >= 0.3 is 5.97 Å². The molecule has 2 heterocycles. The third-order valence-corrected chi connectivity index (χ3v) is 5.20. The molecule has 0 atom stereocenters. The number of nitrogens with zero attached hydrogens (tertiary/aromatic N) is 2. The van der Waals surface area contributed by atoms with Gasteiger partial charge in [0.05, 0.1) is 11.5 Å². The summed E-state index contributed by atoms with van der Waals surface area (Å²) < 4.78 is 6.77. The van der Waals surface area contributed by atoms with Gasteiger partial charge in [0.15, 0.2) is 0 Å². The molecule has 140 valence electrons. The lowest BCUT2D eigenvalue weighted by Gasteiger charge is -2.11. The number of thioether (sulfide) groups is 1. The Kier molecular flexibility index (Phi) is 5.51. The van der Waals surface area contributed by atoms with Gasteiger partial charge in [-0.15, -0.1) is 0 Å². The van der Waals surface area contributed by atoms with Gasteiger partial charge in [0.2, 0.25) is 0 Å². The van der Waals surface area contributed by atoms with Gasteiger partial charge in [-0.25, -0.2) is 0 Å². The number of aryl methyl sites for hydroxylation is 2. The van der Waals surface area contributed by atoms with Crippen LogP contribution in [-0.4, -0.2) is 39.7 Å². The molecule has 2 aromatic rings. The molecule has 1 aliphatic heterocycles. The Morgan fingerprint density at radius 2 is 1.96 bits per heavy atom. The molecule has 6 nitrogen and oxygen atoms in total. The fourth-order valence-corrected chi connectivity index (χ4v) is 3.55. The number of hydrogen-bond donors (Lipinski definition) is 0. The summed E-state index contributed by atoms with van der Waals surface area (Å²) in [5, 5.41) is -0.469. The van der Waals surface area contributed by atoms with Crippen molar-refractivity contribution in [1.82, 2.24) is 9.47 Å². The zero-order valence-corrected chi connectivity index (χ0v) is 16.2. The highest BCUT2D eigenvalue weighted by atomic mass is 32.2. The quantitative estimate of drug-likeness (QED) is 0.581. The van der Waals surface area contributed by atoms with E-state index in [0.29, 0.717) is 0 Å². The maximum absolute atomic E-state index is 12.5. The van der Waals surface area contributed by atoms with Crippen LogP contribution in [0.1, 0.15) is 23.7 Å². The standard InChI is InChI=1S/C20H20N2O4S/c1-4-26-18(23)12-22-19(24)17(27-20(22)25)11-15-6-5-9-21(15)16-8-7-13(2)14(3)10-16/h5-11H,4,12H2,1-3H3/b17-11+. The molecule has 1 aromatic heterocycles. The van der Waals surface area contributed by atoms with Gasteiger partial charge in [0, 0.05) is 17.6 Å². The molecular formula is C20H20N2O4S. The summed E-state index contributed by atoms with van der Waals surface area (Å²) >= 11 is 0.827. The number of ether oxygens (including phenoxy) is 1. The molecule has 0 bridgehead atoms. The smallest absolute Gasteiger partial charge is 0.326 e. The molecule has 2 amide bonds. The second-order valence-electron chi connectivity index (χ2n) is 6.14. The van der Waals surface area contributed by atoms with E-state index in [2.05, 4.69) is 13.0 Å². The zero-order valence-electron chi connectivity index (χ0n) is 15.4. The normalized spacial score (nSPS) is 15.7. The van der Waals surface area contributed by atoms with Crippen LogP contribution < -0.4 is 0 Å². The summed E-state index contributed by atoms with van der Waals surface area (Å²) in [6.45, 7) is 5.60. The van der Waals surface area contributed by atoms with E-state index in [1.807, 2.05) is 42.0 Å². The summed E-state index contributed by atoms with van der Waals surface area (Å²) in [5.74, 6) is -1.08. The number of rotatable bonds is 5. The van der Waals surface area contributed by atoms with Crippen molar-refractivity contribution < 1.29 is 19.1 Å².